The first kappa shape index (κ1) is 16.3. The summed E-state index contributed by atoms with van der Waals surface area (Å²) in [6.07, 6.45) is 1.71. The third-order valence-corrected chi connectivity index (χ3v) is 3.60. The molecule has 0 atom stereocenters. The summed E-state index contributed by atoms with van der Waals surface area (Å²) in [6, 6.07) is 7.18. The summed E-state index contributed by atoms with van der Waals surface area (Å²) in [5.74, 6) is 1.17. The van der Waals surface area contributed by atoms with Gasteiger partial charge in [-0.3, -0.25) is 4.79 Å². The number of rotatable bonds is 5. The van der Waals surface area contributed by atoms with Gasteiger partial charge in [-0.25, -0.2) is 9.97 Å². The van der Waals surface area contributed by atoms with Gasteiger partial charge < -0.3 is 14.1 Å². The number of oxazole rings is 1. The Morgan fingerprint density at radius 1 is 1.29 bits per heavy atom. The molecule has 0 aliphatic carbocycles. The van der Waals surface area contributed by atoms with Crippen molar-refractivity contribution in [3.8, 4) is 22.8 Å². The SMILES string of the molecule is CCOC(=O)Cc1oc(-c2c[nH]c(C)n2)nc1-c1ccc(Cl)cc1. The van der Waals surface area contributed by atoms with E-state index in [9.17, 15) is 4.79 Å². The zero-order valence-corrected chi connectivity index (χ0v) is 14.1. The van der Waals surface area contributed by atoms with E-state index in [4.69, 9.17) is 20.8 Å². The molecule has 0 saturated carbocycles. The molecule has 1 N–H and O–H groups in total. The van der Waals surface area contributed by atoms with Crippen molar-refractivity contribution in [2.45, 2.75) is 20.3 Å². The topological polar surface area (TPSA) is 81.0 Å². The van der Waals surface area contributed by atoms with Gasteiger partial charge in [0.2, 0.25) is 5.89 Å². The van der Waals surface area contributed by atoms with Gasteiger partial charge in [-0.05, 0) is 26.0 Å². The Balaban J connectivity index is 2.02. The number of aromatic nitrogens is 3. The van der Waals surface area contributed by atoms with Crippen LogP contribution < -0.4 is 0 Å². The Kier molecular flexibility index (Phi) is 4.66. The molecule has 2 heterocycles. The summed E-state index contributed by atoms with van der Waals surface area (Å²) < 4.78 is 10.8. The smallest absolute Gasteiger partial charge is 0.313 e. The third-order valence-electron chi connectivity index (χ3n) is 3.35. The molecule has 0 amide bonds. The molecule has 3 aromatic rings. The van der Waals surface area contributed by atoms with Crippen LogP contribution in [0, 0.1) is 6.92 Å². The number of imidazole rings is 1. The number of ether oxygens (including phenoxy) is 1. The van der Waals surface area contributed by atoms with E-state index in [1.807, 2.05) is 19.1 Å². The van der Waals surface area contributed by atoms with Crippen molar-refractivity contribution in [1.29, 1.82) is 0 Å². The fourth-order valence-corrected chi connectivity index (χ4v) is 2.41. The number of aryl methyl sites for hydroxylation is 1. The largest absolute Gasteiger partial charge is 0.466 e. The number of esters is 1. The normalized spacial score (nSPS) is 10.8. The summed E-state index contributed by atoms with van der Waals surface area (Å²) in [5, 5.41) is 0.623. The second-order valence-corrected chi connectivity index (χ2v) is 5.59. The molecule has 7 heteroatoms. The van der Waals surface area contributed by atoms with Crippen molar-refractivity contribution in [2.24, 2.45) is 0 Å². The number of halogens is 1. The van der Waals surface area contributed by atoms with Gasteiger partial charge in [0.25, 0.3) is 0 Å². The lowest BCUT2D eigenvalue weighted by molar-refractivity contribution is -0.142. The van der Waals surface area contributed by atoms with E-state index in [-0.39, 0.29) is 12.4 Å². The summed E-state index contributed by atoms with van der Waals surface area (Å²) in [4.78, 5) is 23.6. The van der Waals surface area contributed by atoms with E-state index >= 15 is 0 Å². The van der Waals surface area contributed by atoms with Crippen LogP contribution in [0.15, 0.2) is 34.9 Å². The number of nitrogens with zero attached hydrogens (tertiary/aromatic N) is 2. The van der Waals surface area contributed by atoms with Gasteiger partial charge >= 0.3 is 5.97 Å². The van der Waals surface area contributed by atoms with Crippen LogP contribution in [0.1, 0.15) is 18.5 Å². The summed E-state index contributed by atoms with van der Waals surface area (Å²) in [6.45, 7) is 3.91. The summed E-state index contributed by atoms with van der Waals surface area (Å²) in [7, 11) is 0. The highest BCUT2D eigenvalue weighted by Crippen LogP contribution is 2.29. The molecule has 6 nitrogen and oxygen atoms in total. The van der Waals surface area contributed by atoms with Crippen molar-refractivity contribution in [2.75, 3.05) is 6.61 Å². The molecular weight excluding hydrogens is 330 g/mol. The fourth-order valence-electron chi connectivity index (χ4n) is 2.29. The first-order chi connectivity index (χ1) is 11.6. The molecule has 2 aromatic heterocycles. The molecule has 0 fully saturated rings. The maximum absolute atomic E-state index is 11.8. The van der Waals surface area contributed by atoms with E-state index in [0.717, 1.165) is 11.4 Å². The molecule has 0 aliphatic heterocycles. The number of benzene rings is 1. The van der Waals surface area contributed by atoms with Gasteiger partial charge in [0.05, 0.1) is 6.61 Å². The molecule has 0 bridgehead atoms. The first-order valence-electron chi connectivity index (χ1n) is 7.50. The van der Waals surface area contributed by atoms with Crippen LogP contribution in [-0.4, -0.2) is 27.5 Å². The molecule has 0 aliphatic rings. The second-order valence-electron chi connectivity index (χ2n) is 5.15. The maximum atomic E-state index is 11.8. The monoisotopic (exact) mass is 345 g/mol. The lowest BCUT2D eigenvalue weighted by Crippen LogP contribution is -2.07. The lowest BCUT2D eigenvalue weighted by atomic mass is 10.1. The molecule has 1 aromatic carbocycles. The van der Waals surface area contributed by atoms with Crippen LogP contribution in [0.2, 0.25) is 5.02 Å². The summed E-state index contributed by atoms with van der Waals surface area (Å²) in [5.41, 5.74) is 1.97. The van der Waals surface area contributed by atoms with E-state index in [0.29, 0.717) is 34.7 Å². The van der Waals surface area contributed by atoms with Gasteiger partial charge in [-0.2, -0.15) is 0 Å². The average molecular weight is 346 g/mol. The van der Waals surface area contributed by atoms with Crippen molar-refractivity contribution < 1.29 is 13.9 Å². The molecule has 3 rings (SSSR count). The third kappa shape index (κ3) is 3.49. The average Bonchev–Trinajstić information content (AvgIpc) is 3.15. The van der Waals surface area contributed by atoms with Crippen LogP contribution in [0.4, 0.5) is 0 Å². The number of aromatic amines is 1. The molecule has 124 valence electrons. The Morgan fingerprint density at radius 3 is 2.67 bits per heavy atom. The Bertz CT molecular complexity index is 852. The highest BCUT2D eigenvalue weighted by molar-refractivity contribution is 6.30. The standard InChI is InChI=1S/C17H16ClN3O3/c1-3-23-15(22)8-14-16(11-4-6-12(18)7-5-11)21-17(24-14)13-9-19-10(2)20-13/h4-7,9H,3,8H2,1-2H3,(H,19,20). The molecule has 0 saturated heterocycles. The van der Waals surface area contributed by atoms with Crippen LogP contribution in [-0.2, 0) is 16.0 Å². The minimum atomic E-state index is -0.367. The van der Waals surface area contributed by atoms with E-state index < -0.39 is 0 Å². The molecule has 0 unspecified atom stereocenters. The number of H-pyrrole nitrogens is 1. The second kappa shape index (κ2) is 6.88. The highest BCUT2D eigenvalue weighted by Gasteiger charge is 2.20. The molecular formula is C17H16ClN3O3. The molecule has 0 spiro atoms. The van der Waals surface area contributed by atoms with Crippen LogP contribution in [0.25, 0.3) is 22.8 Å². The van der Waals surface area contributed by atoms with Crippen molar-refractivity contribution >= 4 is 17.6 Å². The molecule has 24 heavy (non-hydrogen) atoms. The van der Waals surface area contributed by atoms with Crippen molar-refractivity contribution in [3.05, 3.63) is 47.1 Å². The summed E-state index contributed by atoms with van der Waals surface area (Å²) >= 11 is 5.94. The Hall–Kier alpha value is -2.60. The molecule has 0 radical (unpaired) electrons. The predicted molar refractivity (Wildman–Crippen MR) is 89.6 cm³/mol. The lowest BCUT2D eigenvalue weighted by Gasteiger charge is -2.02. The van der Waals surface area contributed by atoms with Gasteiger partial charge in [0, 0.05) is 16.8 Å². The van der Waals surface area contributed by atoms with Crippen LogP contribution in [0.5, 0.6) is 0 Å². The zero-order chi connectivity index (χ0) is 17.1. The van der Waals surface area contributed by atoms with Crippen molar-refractivity contribution in [1.82, 2.24) is 15.0 Å². The van der Waals surface area contributed by atoms with Crippen LogP contribution in [0.3, 0.4) is 0 Å². The van der Waals surface area contributed by atoms with Gasteiger partial charge in [-0.1, -0.05) is 23.7 Å². The zero-order valence-electron chi connectivity index (χ0n) is 13.3. The first-order valence-corrected chi connectivity index (χ1v) is 7.88. The number of carbonyl (C=O) groups is 1. The number of nitrogens with one attached hydrogen (secondary N) is 1. The quantitative estimate of drug-likeness (QED) is 0.711. The number of hydrogen-bond donors (Lipinski definition) is 1. The van der Waals surface area contributed by atoms with Gasteiger partial charge in [0.1, 0.15) is 29.4 Å². The Morgan fingerprint density at radius 2 is 2.04 bits per heavy atom. The number of carbonyl (C=O) groups excluding carboxylic acids is 1. The van der Waals surface area contributed by atoms with Gasteiger partial charge in [-0.15, -0.1) is 0 Å². The number of hydrogen-bond acceptors (Lipinski definition) is 5. The van der Waals surface area contributed by atoms with Crippen molar-refractivity contribution in [3.63, 3.8) is 0 Å². The van der Waals surface area contributed by atoms with Crippen LogP contribution >= 0.6 is 11.6 Å². The predicted octanol–water partition coefficient (Wildman–Crippen LogP) is 3.80. The minimum Gasteiger partial charge on any atom is -0.466 e. The van der Waals surface area contributed by atoms with E-state index in [1.54, 1.807) is 25.3 Å². The maximum Gasteiger partial charge on any atom is 0.313 e. The van der Waals surface area contributed by atoms with E-state index in [1.165, 1.54) is 0 Å². The minimum absolute atomic E-state index is 0.00219. The van der Waals surface area contributed by atoms with E-state index in [2.05, 4.69) is 15.0 Å². The van der Waals surface area contributed by atoms with Gasteiger partial charge in [0.15, 0.2) is 0 Å². The Labute approximate surface area is 143 Å². The highest BCUT2D eigenvalue weighted by atomic mass is 35.5. The fraction of sp³-hybridized carbons (Fsp3) is 0.235.